The van der Waals surface area contributed by atoms with E-state index in [0.717, 1.165) is 29.9 Å². The van der Waals surface area contributed by atoms with Gasteiger partial charge in [0.1, 0.15) is 0 Å². The maximum Gasteiger partial charge on any atom is 0.255 e. The third-order valence-corrected chi connectivity index (χ3v) is 5.43. The van der Waals surface area contributed by atoms with Gasteiger partial charge in [0.2, 0.25) is 5.91 Å². The minimum Gasteiger partial charge on any atom is -0.370 e. The molecule has 5 nitrogen and oxygen atoms in total. The molecule has 0 bridgehead atoms. The lowest BCUT2D eigenvalue weighted by atomic mass is 10.1. The molecule has 3 aromatic carbocycles. The predicted octanol–water partition coefficient (Wildman–Crippen LogP) is 4.48. The minimum atomic E-state index is -0.169. The number of hydrogen-bond donors (Lipinski definition) is 1. The molecule has 1 heterocycles. The number of benzene rings is 3. The van der Waals surface area contributed by atoms with Crippen molar-refractivity contribution >= 4 is 28.9 Å². The molecular weight excluding hydrogens is 374 g/mol. The average molecular weight is 399 g/mol. The SMILES string of the molecule is CC(=O)N1CCc2ccc(NC(=O)c3cccc(N(C)Cc4ccccc4)c3)cc21. The van der Waals surface area contributed by atoms with E-state index in [-0.39, 0.29) is 11.8 Å². The Morgan fingerprint density at radius 3 is 2.57 bits per heavy atom. The molecule has 30 heavy (non-hydrogen) atoms. The smallest absolute Gasteiger partial charge is 0.255 e. The molecule has 152 valence electrons. The molecular formula is C25H25N3O2. The molecule has 0 saturated carbocycles. The summed E-state index contributed by atoms with van der Waals surface area (Å²) in [6.07, 6.45) is 0.846. The number of amides is 2. The lowest BCUT2D eigenvalue weighted by molar-refractivity contribution is -0.116. The molecule has 0 atom stereocenters. The molecule has 1 N–H and O–H groups in total. The van der Waals surface area contributed by atoms with Crippen molar-refractivity contribution in [2.75, 3.05) is 28.7 Å². The van der Waals surface area contributed by atoms with E-state index in [1.54, 1.807) is 11.8 Å². The molecule has 3 aromatic rings. The van der Waals surface area contributed by atoms with Crippen molar-refractivity contribution in [3.05, 3.63) is 89.5 Å². The Morgan fingerprint density at radius 1 is 1.00 bits per heavy atom. The van der Waals surface area contributed by atoms with E-state index < -0.39 is 0 Å². The van der Waals surface area contributed by atoms with Crippen molar-refractivity contribution in [3.8, 4) is 0 Å². The monoisotopic (exact) mass is 399 g/mol. The van der Waals surface area contributed by atoms with Gasteiger partial charge in [0.25, 0.3) is 5.91 Å². The average Bonchev–Trinajstić information content (AvgIpc) is 3.18. The normalized spacial score (nSPS) is 12.4. The van der Waals surface area contributed by atoms with Gasteiger partial charge in [-0.3, -0.25) is 9.59 Å². The van der Waals surface area contributed by atoms with Crippen LogP contribution in [0, 0.1) is 0 Å². The van der Waals surface area contributed by atoms with Gasteiger partial charge in [-0.25, -0.2) is 0 Å². The van der Waals surface area contributed by atoms with Crippen LogP contribution in [0.3, 0.4) is 0 Å². The summed E-state index contributed by atoms with van der Waals surface area (Å²) in [5, 5.41) is 2.97. The Kier molecular flexibility index (Phi) is 5.53. The molecule has 0 aromatic heterocycles. The number of fused-ring (bicyclic) bond motifs is 1. The highest BCUT2D eigenvalue weighted by molar-refractivity contribution is 6.05. The van der Waals surface area contributed by atoms with Gasteiger partial charge in [-0.15, -0.1) is 0 Å². The lowest BCUT2D eigenvalue weighted by Gasteiger charge is -2.20. The van der Waals surface area contributed by atoms with Crippen LogP contribution in [0.1, 0.15) is 28.4 Å². The van der Waals surface area contributed by atoms with Crippen molar-refractivity contribution in [1.82, 2.24) is 0 Å². The molecule has 1 aliphatic heterocycles. The summed E-state index contributed by atoms with van der Waals surface area (Å²) in [4.78, 5) is 28.6. The van der Waals surface area contributed by atoms with Crippen LogP contribution in [-0.2, 0) is 17.8 Å². The zero-order valence-electron chi connectivity index (χ0n) is 17.3. The standard InChI is InChI=1S/C25H25N3O2/c1-18(29)28-14-13-20-11-12-22(16-24(20)28)26-25(30)21-9-6-10-23(15-21)27(2)17-19-7-4-3-5-8-19/h3-12,15-16H,13-14,17H2,1-2H3,(H,26,30). The maximum absolute atomic E-state index is 12.9. The Labute approximate surface area is 176 Å². The highest BCUT2D eigenvalue weighted by atomic mass is 16.2. The highest BCUT2D eigenvalue weighted by Gasteiger charge is 2.22. The Balaban J connectivity index is 1.49. The van der Waals surface area contributed by atoms with E-state index in [2.05, 4.69) is 22.3 Å². The molecule has 5 heteroatoms. The van der Waals surface area contributed by atoms with Gasteiger partial charge < -0.3 is 15.1 Å². The predicted molar refractivity (Wildman–Crippen MR) is 121 cm³/mol. The molecule has 0 unspecified atom stereocenters. The number of anilines is 3. The molecule has 0 aliphatic carbocycles. The first-order valence-corrected chi connectivity index (χ1v) is 10.1. The first kappa shape index (κ1) is 19.7. The van der Waals surface area contributed by atoms with Gasteiger partial charge >= 0.3 is 0 Å². The first-order chi connectivity index (χ1) is 14.5. The second-order valence-corrected chi connectivity index (χ2v) is 7.61. The van der Waals surface area contributed by atoms with E-state index in [1.165, 1.54) is 5.56 Å². The fraction of sp³-hybridized carbons (Fsp3) is 0.200. The number of hydrogen-bond acceptors (Lipinski definition) is 3. The number of carbonyl (C=O) groups is 2. The summed E-state index contributed by atoms with van der Waals surface area (Å²) in [5.74, 6) is -0.149. The van der Waals surface area contributed by atoms with Crippen LogP contribution < -0.4 is 15.1 Å². The quantitative estimate of drug-likeness (QED) is 0.688. The zero-order chi connectivity index (χ0) is 21.1. The summed E-state index contributed by atoms with van der Waals surface area (Å²) < 4.78 is 0. The summed E-state index contributed by atoms with van der Waals surface area (Å²) in [6.45, 7) is 3.02. The summed E-state index contributed by atoms with van der Waals surface area (Å²) >= 11 is 0. The van der Waals surface area contributed by atoms with Crippen molar-refractivity contribution in [2.45, 2.75) is 19.9 Å². The summed E-state index contributed by atoms with van der Waals surface area (Å²) in [6, 6.07) is 23.6. The van der Waals surface area contributed by atoms with Crippen LogP contribution in [0.2, 0.25) is 0 Å². The van der Waals surface area contributed by atoms with Crippen LogP contribution in [0.25, 0.3) is 0 Å². The minimum absolute atomic E-state index is 0.0198. The topological polar surface area (TPSA) is 52.7 Å². The second kappa shape index (κ2) is 8.41. The molecule has 0 spiro atoms. The third-order valence-electron chi connectivity index (χ3n) is 5.43. The van der Waals surface area contributed by atoms with E-state index in [0.29, 0.717) is 17.8 Å². The van der Waals surface area contributed by atoms with Crippen molar-refractivity contribution in [1.29, 1.82) is 0 Å². The summed E-state index contributed by atoms with van der Waals surface area (Å²) in [5.41, 5.74) is 5.49. The van der Waals surface area contributed by atoms with E-state index in [9.17, 15) is 9.59 Å². The molecule has 2 amide bonds. The highest BCUT2D eigenvalue weighted by Crippen LogP contribution is 2.31. The van der Waals surface area contributed by atoms with E-state index in [4.69, 9.17) is 0 Å². The van der Waals surface area contributed by atoms with Gasteiger partial charge in [0.15, 0.2) is 0 Å². The molecule has 4 rings (SSSR count). The third kappa shape index (κ3) is 4.20. The van der Waals surface area contributed by atoms with Crippen molar-refractivity contribution < 1.29 is 9.59 Å². The largest absolute Gasteiger partial charge is 0.370 e. The molecule has 0 radical (unpaired) electrons. The van der Waals surface area contributed by atoms with Crippen LogP contribution in [-0.4, -0.2) is 25.4 Å². The number of nitrogens with one attached hydrogen (secondary N) is 1. The van der Waals surface area contributed by atoms with Gasteiger partial charge in [0, 0.05) is 49.7 Å². The zero-order valence-corrected chi connectivity index (χ0v) is 17.3. The summed E-state index contributed by atoms with van der Waals surface area (Å²) in [7, 11) is 2.01. The van der Waals surface area contributed by atoms with E-state index >= 15 is 0 Å². The van der Waals surface area contributed by atoms with Crippen molar-refractivity contribution in [3.63, 3.8) is 0 Å². The van der Waals surface area contributed by atoms with Gasteiger partial charge in [-0.2, -0.15) is 0 Å². The molecule has 1 aliphatic rings. The maximum atomic E-state index is 12.9. The Morgan fingerprint density at radius 2 is 1.80 bits per heavy atom. The van der Waals surface area contributed by atoms with Gasteiger partial charge in [0.05, 0.1) is 0 Å². The number of nitrogens with zero attached hydrogens (tertiary/aromatic N) is 2. The fourth-order valence-electron chi connectivity index (χ4n) is 3.82. The Hall–Kier alpha value is -3.60. The van der Waals surface area contributed by atoms with Gasteiger partial charge in [-0.05, 0) is 47.9 Å². The van der Waals surface area contributed by atoms with Crippen molar-refractivity contribution in [2.24, 2.45) is 0 Å². The van der Waals surface area contributed by atoms with Crippen LogP contribution in [0.15, 0.2) is 72.8 Å². The second-order valence-electron chi connectivity index (χ2n) is 7.61. The van der Waals surface area contributed by atoms with E-state index in [1.807, 2.05) is 67.7 Å². The first-order valence-electron chi connectivity index (χ1n) is 10.1. The van der Waals surface area contributed by atoms with Crippen LogP contribution >= 0.6 is 0 Å². The van der Waals surface area contributed by atoms with Crippen LogP contribution in [0.5, 0.6) is 0 Å². The molecule has 0 fully saturated rings. The fourth-order valence-corrected chi connectivity index (χ4v) is 3.82. The molecule has 0 saturated heterocycles. The van der Waals surface area contributed by atoms with Gasteiger partial charge in [-0.1, -0.05) is 42.5 Å². The number of rotatable bonds is 5. The van der Waals surface area contributed by atoms with Crippen LogP contribution in [0.4, 0.5) is 17.1 Å². The Bertz CT molecular complexity index is 1080. The lowest BCUT2D eigenvalue weighted by Crippen LogP contribution is -2.25. The number of carbonyl (C=O) groups excluding carboxylic acids is 2.